The number of nitrogens with one attached hydrogen (secondary N) is 1. The van der Waals surface area contributed by atoms with Crippen LogP contribution in [0.1, 0.15) is 6.42 Å². The molecule has 0 spiro atoms. The first kappa shape index (κ1) is 13.2. The van der Waals surface area contributed by atoms with E-state index in [4.69, 9.17) is 5.73 Å². The molecule has 1 rings (SSSR count). The van der Waals surface area contributed by atoms with Crippen LogP contribution in [0, 0.1) is 10.1 Å². The highest BCUT2D eigenvalue weighted by Gasteiger charge is 2.14. The molecule has 1 aromatic carbocycles. The topological polar surface area (TPSA) is 84.4 Å². The number of anilines is 2. The number of hydrogen-bond donors (Lipinski definition) is 2. The van der Waals surface area contributed by atoms with Crippen molar-refractivity contribution >= 4 is 17.1 Å². The van der Waals surface area contributed by atoms with Gasteiger partial charge in [0.05, 0.1) is 4.92 Å². The molecular formula is C11H18N4O2. The molecule has 0 atom stereocenters. The summed E-state index contributed by atoms with van der Waals surface area (Å²) in [5.41, 5.74) is 6.81. The Labute approximate surface area is 101 Å². The van der Waals surface area contributed by atoms with Crippen LogP contribution in [0.3, 0.4) is 0 Å². The molecule has 6 heteroatoms. The van der Waals surface area contributed by atoms with Crippen molar-refractivity contribution in [2.45, 2.75) is 6.42 Å². The minimum absolute atomic E-state index is 0.0909. The summed E-state index contributed by atoms with van der Waals surface area (Å²) >= 11 is 0. The SMILES string of the molecule is CN(C)c1ccc(NCCCN)c([N+](=O)[O-])c1. The summed E-state index contributed by atoms with van der Waals surface area (Å²) in [5.74, 6) is 0. The standard InChI is InChI=1S/C11H18N4O2/c1-14(2)9-4-5-10(13-7-3-6-12)11(8-9)15(16)17/h4-5,8,13H,3,6-7,12H2,1-2H3. The van der Waals surface area contributed by atoms with Gasteiger partial charge < -0.3 is 16.0 Å². The zero-order valence-electron chi connectivity index (χ0n) is 10.1. The van der Waals surface area contributed by atoms with Gasteiger partial charge in [0.1, 0.15) is 5.69 Å². The minimum Gasteiger partial charge on any atom is -0.379 e. The van der Waals surface area contributed by atoms with Crippen LogP contribution in [-0.4, -0.2) is 32.1 Å². The average molecular weight is 238 g/mol. The summed E-state index contributed by atoms with van der Waals surface area (Å²) in [6.45, 7) is 1.20. The van der Waals surface area contributed by atoms with Crippen LogP contribution in [0.4, 0.5) is 17.1 Å². The van der Waals surface area contributed by atoms with Crippen molar-refractivity contribution in [3.8, 4) is 0 Å². The van der Waals surface area contributed by atoms with E-state index in [9.17, 15) is 10.1 Å². The fraction of sp³-hybridized carbons (Fsp3) is 0.455. The van der Waals surface area contributed by atoms with E-state index in [2.05, 4.69) is 5.32 Å². The molecule has 94 valence electrons. The molecule has 0 amide bonds. The molecule has 0 bridgehead atoms. The zero-order valence-corrected chi connectivity index (χ0v) is 10.1. The van der Waals surface area contributed by atoms with Crippen LogP contribution in [0.15, 0.2) is 18.2 Å². The number of nitro benzene ring substituents is 1. The fourth-order valence-electron chi connectivity index (χ4n) is 1.42. The first-order valence-corrected chi connectivity index (χ1v) is 5.46. The van der Waals surface area contributed by atoms with Crippen LogP contribution in [0.5, 0.6) is 0 Å². The van der Waals surface area contributed by atoms with Crippen LogP contribution >= 0.6 is 0 Å². The highest BCUT2D eigenvalue weighted by Crippen LogP contribution is 2.28. The number of nitrogens with two attached hydrogens (primary N) is 1. The smallest absolute Gasteiger partial charge is 0.294 e. The summed E-state index contributed by atoms with van der Waals surface area (Å²) in [6, 6.07) is 5.13. The zero-order chi connectivity index (χ0) is 12.8. The van der Waals surface area contributed by atoms with Crippen molar-refractivity contribution in [1.29, 1.82) is 0 Å². The first-order chi connectivity index (χ1) is 8.06. The van der Waals surface area contributed by atoms with Gasteiger partial charge in [-0.25, -0.2) is 0 Å². The van der Waals surface area contributed by atoms with Gasteiger partial charge in [-0.2, -0.15) is 0 Å². The van der Waals surface area contributed by atoms with Crippen LogP contribution < -0.4 is 16.0 Å². The molecular weight excluding hydrogens is 220 g/mol. The molecule has 0 fully saturated rings. The van der Waals surface area contributed by atoms with Gasteiger partial charge >= 0.3 is 0 Å². The Hall–Kier alpha value is -1.82. The maximum atomic E-state index is 11.0. The second-order valence-corrected chi connectivity index (χ2v) is 3.92. The quantitative estimate of drug-likeness (QED) is 0.445. The van der Waals surface area contributed by atoms with Gasteiger partial charge in [-0.05, 0) is 25.1 Å². The molecule has 3 N–H and O–H groups in total. The largest absolute Gasteiger partial charge is 0.379 e. The number of hydrogen-bond acceptors (Lipinski definition) is 5. The molecule has 0 unspecified atom stereocenters. The summed E-state index contributed by atoms with van der Waals surface area (Å²) in [4.78, 5) is 12.4. The number of benzene rings is 1. The van der Waals surface area contributed by atoms with Crippen molar-refractivity contribution in [2.24, 2.45) is 5.73 Å². The predicted octanol–water partition coefficient (Wildman–Crippen LogP) is 1.42. The van der Waals surface area contributed by atoms with Gasteiger partial charge in [0, 0.05) is 32.4 Å². The predicted molar refractivity (Wildman–Crippen MR) is 69.6 cm³/mol. The molecule has 0 heterocycles. The van der Waals surface area contributed by atoms with Crippen LogP contribution in [-0.2, 0) is 0 Å². The van der Waals surface area contributed by atoms with Gasteiger partial charge in [-0.3, -0.25) is 10.1 Å². The maximum Gasteiger partial charge on any atom is 0.294 e. The lowest BCUT2D eigenvalue weighted by atomic mass is 10.2. The fourth-order valence-corrected chi connectivity index (χ4v) is 1.42. The van der Waals surface area contributed by atoms with Crippen LogP contribution in [0.2, 0.25) is 0 Å². The summed E-state index contributed by atoms with van der Waals surface area (Å²) in [5, 5.41) is 14.0. The third-order valence-electron chi connectivity index (χ3n) is 2.39. The Kier molecular flexibility index (Phi) is 4.71. The molecule has 0 saturated carbocycles. The van der Waals surface area contributed by atoms with Crippen molar-refractivity contribution in [3.63, 3.8) is 0 Å². The van der Waals surface area contributed by atoms with Gasteiger partial charge in [0.25, 0.3) is 5.69 Å². The van der Waals surface area contributed by atoms with E-state index >= 15 is 0 Å². The number of nitro groups is 1. The third kappa shape index (κ3) is 3.60. The lowest BCUT2D eigenvalue weighted by molar-refractivity contribution is -0.383. The Morgan fingerprint density at radius 3 is 2.71 bits per heavy atom. The van der Waals surface area contributed by atoms with Gasteiger partial charge in [0.15, 0.2) is 0 Å². The molecule has 0 aliphatic rings. The average Bonchev–Trinajstić information content (AvgIpc) is 2.29. The molecule has 1 aromatic rings. The minimum atomic E-state index is -0.377. The molecule has 6 nitrogen and oxygen atoms in total. The Bertz CT molecular complexity index is 393. The Morgan fingerprint density at radius 1 is 1.47 bits per heavy atom. The van der Waals surface area contributed by atoms with Crippen LogP contribution in [0.25, 0.3) is 0 Å². The summed E-state index contributed by atoms with van der Waals surface area (Å²) in [6.07, 6.45) is 0.784. The van der Waals surface area contributed by atoms with E-state index in [-0.39, 0.29) is 10.6 Å². The second-order valence-electron chi connectivity index (χ2n) is 3.92. The van der Waals surface area contributed by atoms with Crippen molar-refractivity contribution in [1.82, 2.24) is 0 Å². The van der Waals surface area contributed by atoms with Gasteiger partial charge in [-0.15, -0.1) is 0 Å². The van der Waals surface area contributed by atoms with E-state index < -0.39 is 0 Å². The molecule has 0 saturated heterocycles. The summed E-state index contributed by atoms with van der Waals surface area (Å²) < 4.78 is 0. The van der Waals surface area contributed by atoms with Crippen molar-refractivity contribution in [3.05, 3.63) is 28.3 Å². The van der Waals surface area contributed by atoms with Crippen molar-refractivity contribution in [2.75, 3.05) is 37.4 Å². The van der Waals surface area contributed by atoms with E-state index in [0.29, 0.717) is 18.8 Å². The molecule has 17 heavy (non-hydrogen) atoms. The van der Waals surface area contributed by atoms with E-state index in [0.717, 1.165) is 12.1 Å². The summed E-state index contributed by atoms with van der Waals surface area (Å²) in [7, 11) is 3.70. The monoisotopic (exact) mass is 238 g/mol. The third-order valence-corrected chi connectivity index (χ3v) is 2.39. The Morgan fingerprint density at radius 2 is 2.18 bits per heavy atom. The highest BCUT2D eigenvalue weighted by molar-refractivity contribution is 5.68. The lowest BCUT2D eigenvalue weighted by Crippen LogP contribution is -2.11. The lowest BCUT2D eigenvalue weighted by Gasteiger charge is -2.13. The molecule has 0 aromatic heterocycles. The number of nitrogens with zero attached hydrogens (tertiary/aromatic N) is 2. The van der Waals surface area contributed by atoms with Crippen molar-refractivity contribution < 1.29 is 4.92 Å². The van der Waals surface area contributed by atoms with Gasteiger partial charge in [-0.1, -0.05) is 0 Å². The van der Waals surface area contributed by atoms with E-state index in [1.165, 1.54) is 0 Å². The van der Waals surface area contributed by atoms with E-state index in [1.54, 1.807) is 12.1 Å². The molecule has 0 aliphatic carbocycles. The maximum absolute atomic E-state index is 11.0. The first-order valence-electron chi connectivity index (χ1n) is 5.46. The second kappa shape index (κ2) is 6.05. The highest BCUT2D eigenvalue weighted by atomic mass is 16.6. The number of rotatable bonds is 6. The Balaban J connectivity index is 2.92. The molecule has 0 radical (unpaired) electrons. The molecule has 0 aliphatic heterocycles. The normalized spacial score (nSPS) is 10.1. The van der Waals surface area contributed by atoms with Gasteiger partial charge in [0.2, 0.25) is 0 Å². The van der Waals surface area contributed by atoms with E-state index in [1.807, 2.05) is 25.1 Å².